The largest absolute Gasteiger partial charge is 0.471 e. The van der Waals surface area contributed by atoms with Gasteiger partial charge in [-0.2, -0.15) is 13.2 Å². The molecular formula is C24H36F3N5O5. The number of halogens is 3. The first-order valence-electron chi connectivity index (χ1n) is 12.6. The topological polar surface area (TPSA) is 151 Å². The summed E-state index contributed by atoms with van der Waals surface area (Å²) >= 11 is 0. The Morgan fingerprint density at radius 2 is 1.76 bits per heavy atom. The van der Waals surface area contributed by atoms with Gasteiger partial charge in [0.15, 0.2) is 0 Å². The van der Waals surface area contributed by atoms with Crippen molar-refractivity contribution in [1.29, 1.82) is 0 Å². The van der Waals surface area contributed by atoms with Gasteiger partial charge in [-0.15, -0.1) is 0 Å². The smallest absolute Gasteiger partial charge is 0.368 e. The third kappa shape index (κ3) is 6.53. The minimum absolute atomic E-state index is 0.00493. The summed E-state index contributed by atoms with van der Waals surface area (Å²) in [5, 5.41) is 7.06. The Bertz CT molecular complexity index is 942. The first-order valence-corrected chi connectivity index (χ1v) is 12.6. The first-order chi connectivity index (χ1) is 17.0. The lowest BCUT2D eigenvalue weighted by Gasteiger charge is -2.36. The van der Waals surface area contributed by atoms with E-state index in [9.17, 15) is 37.1 Å². The van der Waals surface area contributed by atoms with E-state index in [1.807, 2.05) is 5.32 Å². The maximum absolute atomic E-state index is 13.7. The molecule has 1 aliphatic carbocycles. The van der Waals surface area contributed by atoms with Crippen LogP contribution in [0.1, 0.15) is 65.7 Å². The van der Waals surface area contributed by atoms with Crippen molar-refractivity contribution in [1.82, 2.24) is 20.9 Å². The monoisotopic (exact) mass is 531 g/mol. The predicted octanol–water partition coefficient (Wildman–Crippen LogP) is 0.737. The molecule has 0 radical (unpaired) electrons. The van der Waals surface area contributed by atoms with Crippen LogP contribution in [-0.2, 0) is 24.0 Å². The van der Waals surface area contributed by atoms with Gasteiger partial charge in [0.2, 0.25) is 23.6 Å². The molecule has 5 N–H and O–H groups in total. The molecule has 2 aliphatic heterocycles. The third-order valence-corrected chi connectivity index (χ3v) is 7.75. The zero-order chi connectivity index (χ0) is 27.8. The first kappa shape index (κ1) is 28.7. The van der Waals surface area contributed by atoms with Crippen molar-refractivity contribution in [3.8, 4) is 0 Å². The fourth-order valence-electron chi connectivity index (χ4n) is 5.71. The number of likely N-dealkylation sites (tertiary alicyclic amines) is 1. The molecule has 3 fully saturated rings. The van der Waals surface area contributed by atoms with Crippen LogP contribution in [0.4, 0.5) is 13.2 Å². The molecule has 0 aromatic heterocycles. The molecule has 2 saturated heterocycles. The van der Waals surface area contributed by atoms with Crippen LogP contribution >= 0.6 is 0 Å². The molecule has 3 rings (SSSR count). The van der Waals surface area contributed by atoms with Gasteiger partial charge in [0.25, 0.3) is 0 Å². The summed E-state index contributed by atoms with van der Waals surface area (Å²) in [7, 11) is 0. The van der Waals surface area contributed by atoms with Gasteiger partial charge >= 0.3 is 12.1 Å². The second kappa shape index (κ2) is 10.5. The second-order valence-electron chi connectivity index (χ2n) is 11.6. The highest BCUT2D eigenvalue weighted by molar-refractivity contribution is 5.95. The summed E-state index contributed by atoms with van der Waals surface area (Å²) < 4.78 is 39.1. The lowest BCUT2D eigenvalue weighted by molar-refractivity contribution is -0.176. The van der Waals surface area contributed by atoms with Crippen molar-refractivity contribution in [3.05, 3.63) is 0 Å². The Hall–Kier alpha value is -2.86. The summed E-state index contributed by atoms with van der Waals surface area (Å²) in [4.78, 5) is 64.2. The van der Waals surface area contributed by atoms with Crippen LogP contribution in [0.3, 0.4) is 0 Å². The van der Waals surface area contributed by atoms with Crippen LogP contribution in [0, 0.1) is 16.7 Å². The molecule has 1 spiro atoms. The third-order valence-electron chi connectivity index (χ3n) is 7.75. The van der Waals surface area contributed by atoms with Gasteiger partial charge in [0, 0.05) is 19.0 Å². The summed E-state index contributed by atoms with van der Waals surface area (Å²) in [6.07, 6.45) is -1.13. The van der Waals surface area contributed by atoms with Gasteiger partial charge < -0.3 is 26.6 Å². The van der Waals surface area contributed by atoms with E-state index < -0.39 is 59.3 Å². The van der Waals surface area contributed by atoms with Crippen LogP contribution in [0.25, 0.3) is 0 Å². The lowest BCUT2D eigenvalue weighted by Crippen LogP contribution is -2.60. The van der Waals surface area contributed by atoms with Crippen LogP contribution in [0.15, 0.2) is 0 Å². The van der Waals surface area contributed by atoms with E-state index in [0.29, 0.717) is 13.0 Å². The Morgan fingerprint density at radius 1 is 1.14 bits per heavy atom. The Labute approximate surface area is 213 Å². The second-order valence-corrected chi connectivity index (χ2v) is 11.6. The fraction of sp³-hybridized carbons (Fsp3) is 0.792. The summed E-state index contributed by atoms with van der Waals surface area (Å²) in [6, 6.07) is -3.75. The lowest BCUT2D eigenvalue weighted by atomic mass is 9.83. The van der Waals surface area contributed by atoms with Crippen LogP contribution in [0.5, 0.6) is 0 Å². The van der Waals surface area contributed by atoms with Gasteiger partial charge in [0.1, 0.15) is 18.1 Å². The average molecular weight is 532 g/mol. The van der Waals surface area contributed by atoms with Gasteiger partial charge in [0.05, 0.1) is 0 Å². The Morgan fingerprint density at radius 3 is 2.24 bits per heavy atom. The van der Waals surface area contributed by atoms with E-state index in [1.165, 1.54) is 25.7 Å². The van der Waals surface area contributed by atoms with Crippen LogP contribution in [0.2, 0.25) is 0 Å². The highest BCUT2D eigenvalue weighted by atomic mass is 19.4. The molecule has 0 aromatic rings. The minimum Gasteiger partial charge on any atom is -0.368 e. The van der Waals surface area contributed by atoms with Crippen molar-refractivity contribution in [2.24, 2.45) is 22.5 Å². The van der Waals surface area contributed by atoms with E-state index in [1.54, 1.807) is 0 Å². The fourth-order valence-corrected chi connectivity index (χ4v) is 5.71. The molecule has 1 saturated carbocycles. The van der Waals surface area contributed by atoms with Crippen molar-refractivity contribution < 1.29 is 37.1 Å². The Kier molecular flexibility index (Phi) is 8.13. The summed E-state index contributed by atoms with van der Waals surface area (Å²) in [5.41, 5.74) is 4.04. The van der Waals surface area contributed by atoms with Crippen LogP contribution < -0.4 is 21.7 Å². The van der Waals surface area contributed by atoms with Gasteiger partial charge in [-0.3, -0.25) is 24.0 Å². The number of nitrogens with two attached hydrogens (primary N) is 1. The molecule has 2 heterocycles. The molecule has 37 heavy (non-hydrogen) atoms. The number of rotatable bonds is 7. The summed E-state index contributed by atoms with van der Waals surface area (Å²) in [6.45, 7) is 5.19. The molecule has 0 aromatic carbocycles. The maximum Gasteiger partial charge on any atom is 0.471 e. The van der Waals surface area contributed by atoms with Gasteiger partial charge in [-0.05, 0) is 42.9 Å². The molecule has 4 atom stereocenters. The average Bonchev–Trinajstić information content (AvgIpc) is 3.50. The number of nitrogens with one attached hydrogen (secondary N) is 3. The molecule has 5 amide bonds. The van der Waals surface area contributed by atoms with Crippen molar-refractivity contribution >= 4 is 29.5 Å². The van der Waals surface area contributed by atoms with E-state index in [0.717, 1.165) is 25.7 Å². The van der Waals surface area contributed by atoms with Gasteiger partial charge in [-0.25, -0.2) is 0 Å². The number of hydrogen-bond acceptors (Lipinski definition) is 5. The molecule has 0 bridgehead atoms. The number of amides is 5. The zero-order valence-electron chi connectivity index (χ0n) is 21.4. The van der Waals surface area contributed by atoms with Gasteiger partial charge in [-0.1, -0.05) is 33.6 Å². The normalized spacial score (nSPS) is 25.0. The molecule has 208 valence electrons. The number of hydrogen-bond donors (Lipinski definition) is 4. The van der Waals surface area contributed by atoms with E-state index in [2.05, 4.69) is 10.6 Å². The van der Waals surface area contributed by atoms with Crippen molar-refractivity contribution in [2.75, 3.05) is 13.1 Å². The maximum atomic E-state index is 13.7. The number of carbonyl (C=O) groups is 5. The Balaban J connectivity index is 1.85. The summed E-state index contributed by atoms with van der Waals surface area (Å²) in [5.74, 6) is -5.25. The SMILES string of the molecule is CC(C)(C)[C@H](NC(=O)C(F)(F)F)C(=O)N1CC2(CCCC2)C[C@H]1C(=O)N[C@@H](C[C@@H]1CCNC1=O)C(N)=O. The highest BCUT2D eigenvalue weighted by Crippen LogP contribution is 2.48. The molecular weight excluding hydrogens is 495 g/mol. The molecule has 0 unspecified atom stereocenters. The predicted molar refractivity (Wildman–Crippen MR) is 125 cm³/mol. The minimum atomic E-state index is -5.18. The standard InChI is InChI=1S/C24H36F3N5O5/c1-22(2,3)16(31-21(37)24(25,26)27)20(36)32-12-23(7-4-5-8-23)11-15(32)19(35)30-14(17(28)33)10-13-6-9-29-18(13)34/h13-16H,4-12H2,1-3H3,(H2,28,33)(H,29,34)(H,30,35)(H,31,37)/t13-,14-,15-,16+/m0/s1. The van der Waals surface area contributed by atoms with Crippen LogP contribution in [-0.4, -0.2) is 71.8 Å². The quantitative estimate of drug-likeness (QED) is 0.382. The van der Waals surface area contributed by atoms with E-state index in [4.69, 9.17) is 5.73 Å². The molecule has 13 heteroatoms. The molecule has 3 aliphatic rings. The number of alkyl halides is 3. The van der Waals surface area contributed by atoms with E-state index in [-0.39, 0.29) is 30.7 Å². The van der Waals surface area contributed by atoms with Crippen molar-refractivity contribution in [3.63, 3.8) is 0 Å². The highest BCUT2D eigenvalue weighted by Gasteiger charge is 2.53. The zero-order valence-corrected chi connectivity index (χ0v) is 21.4. The number of nitrogens with zero attached hydrogens (tertiary/aromatic N) is 1. The van der Waals surface area contributed by atoms with Crippen molar-refractivity contribution in [2.45, 2.75) is 90.0 Å². The molecule has 10 nitrogen and oxygen atoms in total. The van der Waals surface area contributed by atoms with E-state index >= 15 is 0 Å². The number of carbonyl (C=O) groups excluding carboxylic acids is 5. The number of primary amides is 1.